The summed E-state index contributed by atoms with van der Waals surface area (Å²) in [5, 5.41) is 3.51. The van der Waals surface area contributed by atoms with E-state index in [2.05, 4.69) is 47.4 Å². The minimum atomic E-state index is 0.306. The molecule has 1 atom stereocenters. The number of aryl methyl sites for hydroxylation is 1. The van der Waals surface area contributed by atoms with Crippen LogP contribution in [-0.4, -0.2) is 11.7 Å². The van der Waals surface area contributed by atoms with E-state index >= 15 is 0 Å². The maximum atomic E-state index is 5.24. The number of hydrogen-bond acceptors (Lipinski definition) is 2. The first-order valence-corrected chi connectivity index (χ1v) is 6.17. The van der Waals surface area contributed by atoms with Crippen LogP contribution < -0.4 is 10.1 Å². The number of benzene rings is 1. The van der Waals surface area contributed by atoms with Crippen molar-refractivity contribution in [1.82, 2.24) is 9.88 Å². The third-order valence-electron chi connectivity index (χ3n) is 3.10. The fourth-order valence-electron chi connectivity index (χ4n) is 1.97. The van der Waals surface area contributed by atoms with Crippen molar-refractivity contribution in [3.8, 4) is 5.75 Å². The Morgan fingerprint density at radius 2 is 2.17 bits per heavy atom. The highest BCUT2D eigenvalue weighted by Crippen LogP contribution is 2.19. The van der Waals surface area contributed by atoms with Crippen molar-refractivity contribution < 1.29 is 4.74 Å². The second-order valence-electron chi connectivity index (χ2n) is 4.56. The molecule has 0 saturated heterocycles. The summed E-state index contributed by atoms with van der Waals surface area (Å²) in [7, 11) is 3.73. The Bertz CT molecular complexity index is 505. The molecule has 2 rings (SSSR count). The number of ether oxygens (including phenoxy) is 1. The summed E-state index contributed by atoms with van der Waals surface area (Å²) in [4.78, 5) is 0. The lowest BCUT2D eigenvalue weighted by Crippen LogP contribution is -2.17. The molecule has 2 aromatic rings. The highest BCUT2D eigenvalue weighted by molar-refractivity contribution is 5.30. The van der Waals surface area contributed by atoms with Crippen molar-refractivity contribution in [2.24, 2.45) is 7.05 Å². The van der Waals surface area contributed by atoms with Gasteiger partial charge >= 0.3 is 0 Å². The number of methoxy groups -OCH3 is 1. The summed E-state index contributed by atoms with van der Waals surface area (Å²) in [6, 6.07) is 10.6. The van der Waals surface area contributed by atoms with Crippen LogP contribution in [0.25, 0.3) is 0 Å². The SMILES string of the molecule is COc1cccc([C@@H](C)NCc2ccn(C)c2)c1. The molecule has 18 heavy (non-hydrogen) atoms. The number of nitrogens with one attached hydrogen (secondary N) is 1. The molecule has 0 aliphatic rings. The maximum absolute atomic E-state index is 5.24. The van der Waals surface area contributed by atoms with Crippen LogP contribution in [0.3, 0.4) is 0 Å². The van der Waals surface area contributed by atoms with Crippen LogP contribution in [0.5, 0.6) is 5.75 Å². The van der Waals surface area contributed by atoms with Gasteiger partial charge in [-0.25, -0.2) is 0 Å². The van der Waals surface area contributed by atoms with E-state index in [4.69, 9.17) is 4.74 Å². The predicted octanol–water partition coefficient (Wildman–Crippen LogP) is 2.88. The second kappa shape index (κ2) is 5.74. The molecule has 0 radical (unpaired) electrons. The van der Waals surface area contributed by atoms with Crippen molar-refractivity contribution in [3.63, 3.8) is 0 Å². The van der Waals surface area contributed by atoms with Crippen molar-refractivity contribution in [2.45, 2.75) is 19.5 Å². The Labute approximate surface area is 108 Å². The zero-order chi connectivity index (χ0) is 13.0. The van der Waals surface area contributed by atoms with Gasteiger partial charge in [-0.05, 0) is 36.2 Å². The third kappa shape index (κ3) is 3.14. The van der Waals surface area contributed by atoms with Crippen molar-refractivity contribution >= 4 is 0 Å². The lowest BCUT2D eigenvalue weighted by molar-refractivity contribution is 0.413. The molecule has 0 unspecified atom stereocenters. The molecule has 1 heterocycles. The van der Waals surface area contributed by atoms with Crippen LogP contribution in [0, 0.1) is 0 Å². The molecular formula is C15H20N2O. The van der Waals surface area contributed by atoms with E-state index in [0.29, 0.717) is 6.04 Å². The van der Waals surface area contributed by atoms with Gasteiger partial charge in [-0.1, -0.05) is 12.1 Å². The molecular weight excluding hydrogens is 224 g/mol. The molecule has 0 fully saturated rings. The smallest absolute Gasteiger partial charge is 0.119 e. The van der Waals surface area contributed by atoms with Crippen LogP contribution in [0.1, 0.15) is 24.1 Å². The topological polar surface area (TPSA) is 26.2 Å². The van der Waals surface area contributed by atoms with Gasteiger partial charge < -0.3 is 14.6 Å². The Hall–Kier alpha value is -1.74. The second-order valence-corrected chi connectivity index (χ2v) is 4.56. The Balaban J connectivity index is 1.96. The average molecular weight is 244 g/mol. The molecule has 96 valence electrons. The van der Waals surface area contributed by atoms with Crippen LogP contribution in [0.4, 0.5) is 0 Å². The van der Waals surface area contributed by atoms with E-state index < -0.39 is 0 Å². The molecule has 3 heteroatoms. The van der Waals surface area contributed by atoms with Gasteiger partial charge in [-0.2, -0.15) is 0 Å². The van der Waals surface area contributed by atoms with E-state index in [1.807, 2.05) is 19.2 Å². The van der Waals surface area contributed by atoms with Crippen LogP contribution in [-0.2, 0) is 13.6 Å². The number of nitrogens with zero attached hydrogens (tertiary/aromatic N) is 1. The predicted molar refractivity (Wildman–Crippen MR) is 73.7 cm³/mol. The van der Waals surface area contributed by atoms with E-state index in [0.717, 1.165) is 12.3 Å². The minimum absolute atomic E-state index is 0.306. The number of aromatic nitrogens is 1. The van der Waals surface area contributed by atoms with Gasteiger partial charge in [0.25, 0.3) is 0 Å². The van der Waals surface area contributed by atoms with Gasteiger partial charge in [0.05, 0.1) is 7.11 Å². The highest BCUT2D eigenvalue weighted by atomic mass is 16.5. The minimum Gasteiger partial charge on any atom is -0.497 e. The zero-order valence-electron chi connectivity index (χ0n) is 11.2. The van der Waals surface area contributed by atoms with Gasteiger partial charge in [0.15, 0.2) is 0 Å². The number of hydrogen-bond donors (Lipinski definition) is 1. The lowest BCUT2D eigenvalue weighted by Gasteiger charge is -2.14. The van der Waals surface area contributed by atoms with Gasteiger partial charge in [0.2, 0.25) is 0 Å². The Morgan fingerprint density at radius 1 is 1.33 bits per heavy atom. The fraction of sp³-hybridized carbons (Fsp3) is 0.333. The summed E-state index contributed by atoms with van der Waals surface area (Å²) in [5.41, 5.74) is 2.54. The van der Waals surface area contributed by atoms with E-state index in [1.54, 1.807) is 7.11 Å². The third-order valence-corrected chi connectivity index (χ3v) is 3.10. The summed E-state index contributed by atoms with van der Waals surface area (Å²) in [6.45, 7) is 3.04. The zero-order valence-corrected chi connectivity index (χ0v) is 11.2. The molecule has 0 amide bonds. The van der Waals surface area contributed by atoms with Crippen LogP contribution in [0.2, 0.25) is 0 Å². The van der Waals surface area contributed by atoms with Gasteiger partial charge in [-0.15, -0.1) is 0 Å². The standard InChI is InChI=1S/C15H20N2O/c1-12(14-5-4-6-15(9-14)18-3)16-10-13-7-8-17(2)11-13/h4-9,11-12,16H,10H2,1-3H3/t12-/m1/s1. The molecule has 0 saturated carbocycles. The first-order valence-electron chi connectivity index (χ1n) is 6.17. The van der Waals surface area contributed by atoms with Gasteiger partial charge in [0, 0.05) is 32.0 Å². The molecule has 3 nitrogen and oxygen atoms in total. The van der Waals surface area contributed by atoms with E-state index in [1.165, 1.54) is 11.1 Å². The molecule has 0 spiro atoms. The Morgan fingerprint density at radius 3 is 2.83 bits per heavy atom. The Kier molecular flexibility index (Phi) is 4.05. The van der Waals surface area contributed by atoms with Crippen LogP contribution >= 0.6 is 0 Å². The summed E-state index contributed by atoms with van der Waals surface area (Å²) in [6.07, 6.45) is 4.19. The fourth-order valence-corrected chi connectivity index (χ4v) is 1.97. The monoisotopic (exact) mass is 244 g/mol. The quantitative estimate of drug-likeness (QED) is 0.875. The largest absolute Gasteiger partial charge is 0.497 e. The van der Waals surface area contributed by atoms with Crippen molar-refractivity contribution in [3.05, 3.63) is 53.9 Å². The normalized spacial score (nSPS) is 12.4. The molecule has 0 aliphatic carbocycles. The molecule has 1 aromatic heterocycles. The maximum Gasteiger partial charge on any atom is 0.119 e. The van der Waals surface area contributed by atoms with Crippen molar-refractivity contribution in [2.75, 3.05) is 7.11 Å². The molecule has 0 bridgehead atoms. The first-order chi connectivity index (χ1) is 8.69. The summed E-state index contributed by atoms with van der Waals surface area (Å²) >= 11 is 0. The average Bonchev–Trinajstić information content (AvgIpc) is 2.82. The highest BCUT2D eigenvalue weighted by Gasteiger charge is 2.06. The summed E-state index contributed by atoms with van der Waals surface area (Å²) < 4.78 is 7.30. The van der Waals surface area contributed by atoms with Gasteiger partial charge in [0.1, 0.15) is 5.75 Å². The van der Waals surface area contributed by atoms with E-state index in [-0.39, 0.29) is 0 Å². The molecule has 0 aliphatic heterocycles. The number of rotatable bonds is 5. The van der Waals surface area contributed by atoms with Crippen molar-refractivity contribution in [1.29, 1.82) is 0 Å². The molecule has 1 N–H and O–H groups in total. The lowest BCUT2D eigenvalue weighted by atomic mass is 10.1. The molecule has 1 aromatic carbocycles. The van der Waals surface area contributed by atoms with Gasteiger partial charge in [-0.3, -0.25) is 0 Å². The van der Waals surface area contributed by atoms with E-state index in [9.17, 15) is 0 Å². The first kappa shape index (κ1) is 12.7. The summed E-state index contributed by atoms with van der Waals surface area (Å²) in [5.74, 6) is 0.904. The van der Waals surface area contributed by atoms with Crippen LogP contribution in [0.15, 0.2) is 42.7 Å².